The number of nitrogens with one attached hydrogen (secondary N) is 1. The highest BCUT2D eigenvalue weighted by atomic mass is 79.9. The third-order valence-corrected chi connectivity index (χ3v) is 2.92. The summed E-state index contributed by atoms with van der Waals surface area (Å²) in [5, 5.41) is 2.44. The summed E-state index contributed by atoms with van der Waals surface area (Å²) in [7, 11) is 0. The number of pyridine rings is 1. The van der Waals surface area contributed by atoms with Crippen molar-refractivity contribution in [1.82, 2.24) is 10.3 Å². The Kier molecular flexibility index (Phi) is 2.44. The molecule has 1 aliphatic heterocycles. The Labute approximate surface area is 94.6 Å². The second kappa shape index (κ2) is 3.62. The van der Waals surface area contributed by atoms with E-state index < -0.39 is 6.03 Å². The lowest BCUT2D eigenvalue weighted by Crippen LogP contribution is -2.31. The molecule has 5 nitrogen and oxygen atoms in total. The molecule has 3 amide bonds. The number of imide groups is 1. The molecule has 0 unspecified atom stereocenters. The normalized spacial score (nSPS) is 15.7. The molecule has 78 valence electrons. The summed E-state index contributed by atoms with van der Waals surface area (Å²) < 4.78 is 0.846. The van der Waals surface area contributed by atoms with Gasteiger partial charge in [-0.15, -0.1) is 0 Å². The van der Waals surface area contributed by atoms with Crippen LogP contribution in [0.15, 0.2) is 16.6 Å². The van der Waals surface area contributed by atoms with Crippen molar-refractivity contribution in [3.05, 3.63) is 22.3 Å². The number of carbonyl (C=O) groups is 2. The first-order chi connectivity index (χ1) is 7.09. The van der Waals surface area contributed by atoms with Gasteiger partial charge in [-0.25, -0.2) is 14.7 Å². The van der Waals surface area contributed by atoms with Gasteiger partial charge in [0.2, 0.25) is 0 Å². The van der Waals surface area contributed by atoms with Gasteiger partial charge in [0.1, 0.15) is 5.82 Å². The van der Waals surface area contributed by atoms with Gasteiger partial charge in [0.05, 0.1) is 12.2 Å². The number of aromatic nitrogens is 1. The van der Waals surface area contributed by atoms with Crippen LogP contribution in [0.25, 0.3) is 0 Å². The van der Waals surface area contributed by atoms with E-state index in [1.807, 2.05) is 0 Å². The van der Waals surface area contributed by atoms with Gasteiger partial charge in [-0.3, -0.25) is 4.79 Å². The molecular weight excluding hydrogens is 262 g/mol. The van der Waals surface area contributed by atoms with Crippen LogP contribution in [0.4, 0.5) is 10.6 Å². The molecule has 1 N–H and O–H groups in total. The predicted octanol–water partition coefficient (Wildman–Crippen LogP) is 1.21. The van der Waals surface area contributed by atoms with Gasteiger partial charge in [0.25, 0.3) is 5.91 Å². The van der Waals surface area contributed by atoms with Crippen LogP contribution in [0.5, 0.6) is 0 Å². The fraction of sp³-hybridized carbons (Fsp3) is 0.222. The Bertz CT molecular complexity index is 431. The van der Waals surface area contributed by atoms with Crippen LogP contribution in [0, 0.1) is 6.92 Å². The van der Waals surface area contributed by atoms with E-state index in [1.165, 1.54) is 0 Å². The van der Waals surface area contributed by atoms with Crippen molar-refractivity contribution in [1.29, 1.82) is 0 Å². The lowest BCUT2D eigenvalue weighted by molar-refractivity contribution is -0.115. The molecule has 0 aromatic carbocycles. The molecular formula is C9H8BrN3O2. The van der Waals surface area contributed by atoms with E-state index in [0.717, 1.165) is 15.1 Å². The second-order valence-corrected chi connectivity index (χ2v) is 3.98. The third kappa shape index (κ3) is 1.72. The molecule has 1 aromatic heterocycles. The number of aryl methyl sites for hydroxylation is 1. The number of amides is 3. The maximum Gasteiger partial charge on any atom is 0.330 e. The first-order valence-electron chi connectivity index (χ1n) is 4.33. The van der Waals surface area contributed by atoms with Crippen molar-refractivity contribution in [2.24, 2.45) is 0 Å². The van der Waals surface area contributed by atoms with Crippen molar-refractivity contribution in [3.63, 3.8) is 0 Å². The van der Waals surface area contributed by atoms with Crippen LogP contribution >= 0.6 is 15.9 Å². The highest BCUT2D eigenvalue weighted by molar-refractivity contribution is 9.10. The maximum absolute atomic E-state index is 11.4. The Morgan fingerprint density at radius 2 is 2.20 bits per heavy atom. The lowest BCUT2D eigenvalue weighted by atomic mass is 10.3. The molecule has 1 aromatic rings. The second-order valence-electron chi connectivity index (χ2n) is 3.12. The van der Waals surface area contributed by atoms with E-state index in [1.54, 1.807) is 19.1 Å². The minimum atomic E-state index is -0.422. The standard InChI is InChI=1S/C9H8BrN3O2/c1-5-6(10)2-3-7(12-5)13-8(14)4-11-9(13)15/h2-3H,4H2,1H3,(H,11,15). The van der Waals surface area contributed by atoms with Gasteiger partial charge in [0, 0.05) is 4.47 Å². The summed E-state index contributed by atoms with van der Waals surface area (Å²) in [6.45, 7) is 1.83. The molecule has 2 heterocycles. The monoisotopic (exact) mass is 269 g/mol. The molecule has 1 saturated heterocycles. The fourth-order valence-electron chi connectivity index (χ4n) is 1.31. The quantitative estimate of drug-likeness (QED) is 0.780. The van der Waals surface area contributed by atoms with Crippen molar-refractivity contribution >= 4 is 33.7 Å². The lowest BCUT2D eigenvalue weighted by Gasteiger charge is -2.11. The van der Waals surface area contributed by atoms with E-state index >= 15 is 0 Å². The van der Waals surface area contributed by atoms with Crippen LogP contribution in [-0.4, -0.2) is 23.5 Å². The van der Waals surface area contributed by atoms with Crippen molar-refractivity contribution in [2.45, 2.75) is 6.92 Å². The first-order valence-corrected chi connectivity index (χ1v) is 5.13. The summed E-state index contributed by atoms with van der Waals surface area (Å²) >= 11 is 3.30. The molecule has 0 bridgehead atoms. The van der Waals surface area contributed by atoms with Crippen LogP contribution in [0.3, 0.4) is 0 Å². The third-order valence-electron chi connectivity index (χ3n) is 2.08. The molecule has 0 aliphatic carbocycles. The smallest absolute Gasteiger partial charge is 0.328 e. The van der Waals surface area contributed by atoms with E-state index in [9.17, 15) is 9.59 Å². The van der Waals surface area contributed by atoms with Gasteiger partial charge in [-0.05, 0) is 35.0 Å². The van der Waals surface area contributed by atoms with Gasteiger partial charge < -0.3 is 5.32 Å². The highest BCUT2D eigenvalue weighted by Gasteiger charge is 2.30. The number of urea groups is 1. The zero-order valence-electron chi connectivity index (χ0n) is 7.95. The summed E-state index contributed by atoms with van der Waals surface area (Å²) in [6, 6.07) is 2.96. The van der Waals surface area contributed by atoms with Crippen LogP contribution < -0.4 is 10.2 Å². The van der Waals surface area contributed by atoms with Gasteiger partial charge in [-0.2, -0.15) is 0 Å². The van der Waals surface area contributed by atoms with Crippen molar-refractivity contribution in [3.8, 4) is 0 Å². The zero-order chi connectivity index (χ0) is 11.0. The largest absolute Gasteiger partial charge is 0.330 e. The molecule has 0 spiro atoms. The number of anilines is 1. The minimum absolute atomic E-state index is 0.0373. The summed E-state index contributed by atoms with van der Waals surface area (Å²) in [6.07, 6.45) is 0. The molecule has 0 saturated carbocycles. The number of carbonyl (C=O) groups excluding carboxylic acids is 2. The summed E-state index contributed by atoms with van der Waals surface area (Å²) in [5.41, 5.74) is 0.736. The maximum atomic E-state index is 11.4. The Hall–Kier alpha value is -1.43. The Morgan fingerprint density at radius 1 is 1.47 bits per heavy atom. The minimum Gasteiger partial charge on any atom is -0.328 e. The summed E-state index contributed by atoms with van der Waals surface area (Å²) in [4.78, 5) is 27.9. The molecule has 6 heteroatoms. The average Bonchev–Trinajstić information content (AvgIpc) is 2.52. The molecule has 15 heavy (non-hydrogen) atoms. The first kappa shape index (κ1) is 10.1. The molecule has 2 rings (SSSR count). The SMILES string of the molecule is Cc1nc(N2C(=O)CNC2=O)ccc1Br. The molecule has 0 radical (unpaired) electrons. The van der Waals surface area contributed by atoms with Gasteiger partial charge in [0.15, 0.2) is 0 Å². The van der Waals surface area contributed by atoms with E-state index in [2.05, 4.69) is 26.2 Å². The fourth-order valence-corrected chi connectivity index (χ4v) is 1.53. The van der Waals surface area contributed by atoms with E-state index in [4.69, 9.17) is 0 Å². The molecule has 0 atom stereocenters. The number of halogens is 1. The number of hydrogen-bond acceptors (Lipinski definition) is 3. The molecule has 1 aliphatic rings. The molecule has 1 fully saturated rings. The van der Waals surface area contributed by atoms with Crippen molar-refractivity contribution in [2.75, 3.05) is 11.4 Å². The van der Waals surface area contributed by atoms with Crippen LogP contribution in [-0.2, 0) is 4.79 Å². The Balaban J connectivity index is 2.41. The zero-order valence-corrected chi connectivity index (χ0v) is 9.54. The van der Waals surface area contributed by atoms with Gasteiger partial charge >= 0.3 is 6.03 Å². The van der Waals surface area contributed by atoms with E-state index in [-0.39, 0.29) is 12.5 Å². The van der Waals surface area contributed by atoms with Crippen LogP contribution in [0.2, 0.25) is 0 Å². The predicted molar refractivity (Wildman–Crippen MR) is 57.6 cm³/mol. The van der Waals surface area contributed by atoms with Gasteiger partial charge in [-0.1, -0.05) is 0 Å². The van der Waals surface area contributed by atoms with Crippen molar-refractivity contribution < 1.29 is 9.59 Å². The number of hydrogen-bond donors (Lipinski definition) is 1. The number of nitrogens with zero attached hydrogens (tertiary/aromatic N) is 2. The average molecular weight is 270 g/mol. The number of rotatable bonds is 1. The highest BCUT2D eigenvalue weighted by Crippen LogP contribution is 2.20. The van der Waals surface area contributed by atoms with E-state index in [0.29, 0.717) is 5.82 Å². The topological polar surface area (TPSA) is 62.3 Å². The summed E-state index contributed by atoms with van der Waals surface area (Å²) in [5.74, 6) is 0.0740. The Morgan fingerprint density at radius 3 is 2.73 bits per heavy atom. The van der Waals surface area contributed by atoms with Crippen LogP contribution in [0.1, 0.15) is 5.69 Å².